The molecule has 1 atom stereocenters. The highest BCUT2D eigenvalue weighted by Gasteiger charge is 2.35. The first-order valence-corrected chi connectivity index (χ1v) is 7.82. The number of amides is 1. The largest absolute Gasteiger partial charge is 0.354 e. The van der Waals surface area contributed by atoms with Crippen LogP contribution in [-0.4, -0.2) is 42.0 Å². The Morgan fingerprint density at radius 1 is 1.37 bits per heavy atom. The lowest BCUT2D eigenvalue weighted by Gasteiger charge is -2.32. The Labute approximate surface area is 117 Å². The van der Waals surface area contributed by atoms with E-state index in [0.717, 1.165) is 45.3 Å². The molecule has 2 fully saturated rings. The zero-order valence-electron chi connectivity index (χ0n) is 12.5. The zero-order valence-corrected chi connectivity index (χ0v) is 12.5. The van der Waals surface area contributed by atoms with E-state index in [1.165, 1.54) is 12.8 Å². The summed E-state index contributed by atoms with van der Waals surface area (Å²) < 4.78 is 0. The van der Waals surface area contributed by atoms with Crippen molar-refractivity contribution in [3.63, 3.8) is 0 Å². The summed E-state index contributed by atoms with van der Waals surface area (Å²) in [5.74, 6) is 0.675. The molecule has 19 heavy (non-hydrogen) atoms. The summed E-state index contributed by atoms with van der Waals surface area (Å²) in [7, 11) is 0. The molecule has 3 N–H and O–H groups in total. The van der Waals surface area contributed by atoms with Gasteiger partial charge in [0, 0.05) is 19.1 Å². The molecule has 110 valence electrons. The maximum Gasteiger partial charge on any atom is 0.240 e. The van der Waals surface area contributed by atoms with Crippen LogP contribution >= 0.6 is 0 Å². The first kappa shape index (κ1) is 14.8. The lowest BCUT2D eigenvalue weighted by atomic mass is 9.82. The van der Waals surface area contributed by atoms with E-state index in [4.69, 9.17) is 5.73 Å². The summed E-state index contributed by atoms with van der Waals surface area (Å²) in [4.78, 5) is 14.7. The van der Waals surface area contributed by atoms with E-state index in [2.05, 4.69) is 24.1 Å². The number of hydrogen-bond donors (Lipinski definition) is 2. The Bertz CT molecular complexity index is 311. The number of hydrogen-bond acceptors (Lipinski definition) is 3. The molecular weight excluding hydrogens is 238 g/mol. The van der Waals surface area contributed by atoms with Crippen LogP contribution in [0.5, 0.6) is 0 Å². The van der Waals surface area contributed by atoms with Gasteiger partial charge in [0.05, 0.1) is 5.54 Å². The van der Waals surface area contributed by atoms with Gasteiger partial charge < -0.3 is 16.0 Å². The third-order valence-corrected chi connectivity index (χ3v) is 4.80. The number of nitrogens with one attached hydrogen (secondary N) is 1. The maximum atomic E-state index is 12.2. The first-order valence-electron chi connectivity index (χ1n) is 7.82. The van der Waals surface area contributed by atoms with Crippen molar-refractivity contribution in [2.24, 2.45) is 11.7 Å². The second kappa shape index (κ2) is 6.23. The zero-order chi connectivity index (χ0) is 13.9. The molecule has 1 unspecified atom stereocenters. The second-order valence-corrected chi connectivity index (χ2v) is 6.67. The Morgan fingerprint density at radius 3 is 2.63 bits per heavy atom. The predicted octanol–water partition coefficient (Wildman–Crippen LogP) is 1.49. The molecule has 2 rings (SSSR count). The van der Waals surface area contributed by atoms with Crippen molar-refractivity contribution >= 4 is 5.91 Å². The Morgan fingerprint density at radius 2 is 2.05 bits per heavy atom. The van der Waals surface area contributed by atoms with Gasteiger partial charge in [0.25, 0.3) is 0 Å². The summed E-state index contributed by atoms with van der Waals surface area (Å²) in [6.45, 7) is 7.53. The fraction of sp³-hybridized carbons (Fsp3) is 0.933. The number of likely N-dealkylation sites (tertiary alicyclic amines) is 1. The van der Waals surface area contributed by atoms with Crippen LogP contribution in [0, 0.1) is 5.92 Å². The van der Waals surface area contributed by atoms with Crippen LogP contribution in [0.1, 0.15) is 52.4 Å². The molecule has 1 saturated heterocycles. The van der Waals surface area contributed by atoms with Gasteiger partial charge in [-0.2, -0.15) is 0 Å². The number of carbonyl (C=O) groups excluding carboxylic acids is 1. The van der Waals surface area contributed by atoms with Crippen LogP contribution in [0.2, 0.25) is 0 Å². The molecule has 1 aliphatic carbocycles. The van der Waals surface area contributed by atoms with Gasteiger partial charge in [-0.05, 0) is 45.6 Å². The van der Waals surface area contributed by atoms with Crippen molar-refractivity contribution in [2.75, 3.05) is 19.6 Å². The topological polar surface area (TPSA) is 58.4 Å². The Hall–Kier alpha value is -0.610. The molecular formula is C15H29N3O. The summed E-state index contributed by atoms with van der Waals surface area (Å²) in [6, 6.07) is 0.611. The van der Waals surface area contributed by atoms with E-state index >= 15 is 0 Å². The quantitative estimate of drug-likeness (QED) is 0.811. The van der Waals surface area contributed by atoms with E-state index in [9.17, 15) is 4.79 Å². The minimum atomic E-state index is -0.589. The monoisotopic (exact) mass is 267 g/mol. The van der Waals surface area contributed by atoms with E-state index in [1.54, 1.807) is 0 Å². The fourth-order valence-corrected chi connectivity index (χ4v) is 3.32. The number of rotatable bonds is 4. The molecule has 0 aromatic rings. The fourth-order valence-electron chi connectivity index (χ4n) is 3.32. The molecule has 0 aromatic carbocycles. The third-order valence-electron chi connectivity index (χ3n) is 4.80. The van der Waals surface area contributed by atoms with Gasteiger partial charge in [0.1, 0.15) is 0 Å². The van der Waals surface area contributed by atoms with Crippen LogP contribution in [0.25, 0.3) is 0 Å². The second-order valence-electron chi connectivity index (χ2n) is 6.67. The van der Waals surface area contributed by atoms with Gasteiger partial charge in [-0.1, -0.05) is 19.3 Å². The van der Waals surface area contributed by atoms with Crippen molar-refractivity contribution in [1.82, 2.24) is 10.2 Å². The average Bonchev–Trinajstić information content (AvgIpc) is 2.85. The number of carbonyl (C=O) groups is 1. The minimum absolute atomic E-state index is 0.0789. The van der Waals surface area contributed by atoms with Gasteiger partial charge >= 0.3 is 0 Å². The lowest BCUT2D eigenvalue weighted by molar-refractivity contribution is -0.127. The Kier molecular flexibility index (Phi) is 4.85. The summed E-state index contributed by atoms with van der Waals surface area (Å²) in [5, 5.41) is 3.10. The molecule has 1 saturated carbocycles. The molecule has 1 heterocycles. The SMILES string of the molecule is CC(C)N1CCC(CNC(=O)C2(N)CCCCC2)C1. The van der Waals surface area contributed by atoms with E-state index in [-0.39, 0.29) is 5.91 Å². The lowest BCUT2D eigenvalue weighted by Crippen LogP contribution is -2.55. The highest BCUT2D eigenvalue weighted by atomic mass is 16.2. The minimum Gasteiger partial charge on any atom is -0.354 e. The molecule has 1 amide bonds. The van der Waals surface area contributed by atoms with Gasteiger partial charge in [-0.3, -0.25) is 4.79 Å². The van der Waals surface area contributed by atoms with E-state index in [0.29, 0.717) is 12.0 Å². The van der Waals surface area contributed by atoms with Gasteiger partial charge in [0.15, 0.2) is 0 Å². The first-order chi connectivity index (χ1) is 9.01. The van der Waals surface area contributed by atoms with Crippen molar-refractivity contribution < 1.29 is 4.79 Å². The van der Waals surface area contributed by atoms with Crippen molar-refractivity contribution in [3.05, 3.63) is 0 Å². The van der Waals surface area contributed by atoms with Crippen molar-refractivity contribution in [2.45, 2.75) is 64.0 Å². The Balaban J connectivity index is 1.75. The van der Waals surface area contributed by atoms with Crippen LogP contribution in [0.3, 0.4) is 0 Å². The molecule has 0 spiro atoms. The van der Waals surface area contributed by atoms with Crippen LogP contribution in [0.15, 0.2) is 0 Å². The number of nitrogens with zero attached hydrogens (tertiary/aromatic N) is 1. The van der Waals surface area contributed by atoms with Crippen molar-refractivity contribution in [3.8, 4) is 0 Å². The molecule has 0 radical (unpaired) electrons. The van der Waals surface area contributed by atoms with Gasteiger partial charge in [-0.15, -0.1) is 0 Å². The van der Waals surface area contributed by atoms with Crippen molar-refractivity contribution in [1.29, 1.82) is 0 Å². The molecule has 0 aromatic heterocycles. The maximum absolute atomic E-state index is 12.2. The molecule has 4 nitrogen and oxygen atoms in total. The van der Waals surface area contributed by atoms with E-state index < -0.39 is 5.54 Å². The molecule has 0 bridgehead atoms. The highest BCUT2D eigenvalue weighted by Crippen LogP contribution is 2.26. The normalized spacial score (nSPS) is 27.7. The molecule has 2 aliphatic rings. The smallest absolute Gasteiger partial charge is 0.240 e. The standard InChI is InChI=1S/C15H29N3O/c1-12(2)18-9-6-13(11-18)10-17-14(19)15(16)7-4-3-5-8-15/h12-13H,3-11,16H2,1-2H3,(H,17,19). The predicted molar refractivity (Wildman–Crippen MR) is 77.8 cm³/mol. The van der Waals surface area contributed by atoms with Gasteiger partial charge in [-0.25, -0.2) is 0 Å². The molecule has 1 aliphatic heterocycles. The van der Waals surface area contributed by atoms with Crippen LogP contribution < -0.4 is 11.1 Å². The van der Waals surface area contributed by atoms with E-state index in [1.807, 2.05) is 0 Å². The summed E-state index contributed by atoms with van der Waals surface area (Å²) in [5.41, 5.74) is 5.65. The van der Waals surface area contributed by atoms with Crippen LogP contribution in [-0.2, 0) is 4.79 Å². The third kappa shape index (κ3) is 3.69. The molecule has 4 heteroatoms. The average molecular weight is 267 g/mol. The van der Waals surface area contributed by atoms with Crippen LogP contribution in [0.4, 0.5) is 0 Å². The number of nitrogens with two attached hydrogens (primary N) is 1. The summed E-state index contributed by atoms with van der Waals surface area (Å²) >= 11 is 0. The highest BCUT2D eigenvalue weighted by molar-refractivity contribution is 5.86. The van der Waals surface area contributed by atoms with Gasteiger partial charge in [0.2, 0.25) is 5.91 Å². The summed E-state index contributed by atoms with van der Waals surface area (Å²) in [6.07, 6.45) is 6.29.